The molecule has 2 aromatic carbocycles. The summed E-state index contributed by atoms with van der Waals surface area (Å²) in [7, 11) is 0. The van der Waals surface area contributed by atoms with E-state index in [0.717, 1.165) is 16.7 Å². The normalized spacial score (nSPS) is 11.9. The van der Waals surface area contributed by atoms with E-state index in [4.69, 9.17) is 4.74 Å². The number of nitro benzene ring substituents is 1. The highest BCUT2D eigenvalue weighted by atomic mass is 16.6. The van der Waals surface area contributed by atoms with Crippen LogP contribution >= 0.6 is 0 Å². The van der Waals surface area contributed by atoms with Crippen LogP contribution in [0.2, 0.25) is 0 Å². The molecule has 0 N–H and O–H groups in total. The minimum Gasteiger partial charge on any atom is -0.460 e. The Bertz CT molecular complexity index is 802. The molecule has 5 heteroatoms. The van der Waals surface area contributed by atoms with E-state index in [0.29, 0.717) is 6.42 Å². The van der Waals surface area contributed by atoms with Crippen LogP contribution < -0.4 is 0 Å². The monoisotopic (exact) mass is 355 g/mol. The molecular weight excluding hydrogens is 330 g/mol. The van der Waals surface area contributed by atoms with Crippen LogP contribution in [-0.4, -0.2) is 16.5 Å². The van der Waals surface area contributed by atoms with Crippen LogP contribution in [0.5, 0.6) is 0 Å². The number of carbonyl (C=O) groups excluding carboxylic acids is 1. The van der Waals surface area contributed by atoms with E-state index < -0.39 is 15.9 Å². The lowest BCUT2D eigenvalue weighted by Gasteiger charge is -2.28. The zero-order valence-electron chi connectivity index (χ0n) is 15.9. The number of esters is 1. The molecule has 0 aromatic heterocycles. The lowest BCUT2D eigenvalue weighted by atomic mass is 9.85. The molecule has 0 fully saturated rings. The maximum atomic E-state index is 12.4. The molecule has 0 saturated carbocycles. The molecule has 26 heavy (non-hydrogen) atoms. The fourth-order valence-corrected chi connectivity index (χ4v) is 2.61. The quantitative estimate of drug-likeness (QED) is 0.421. The van der Waals surface area contributed by atoms with Crippen molar-refractivity contribution in [2.45, 2.75) is 46.6 Å². The predicted octanol–water partition coefficient (Wildman–Crippen LogP) is 5.17. The van der Waals surface area contributed by atoms with Gasteiger partial charge in [-0.25, -0.2) is 0 Å². The standard InChI is InChI=1S/C21H25NO4/c1-20(2,3)26-19(23)21(4,5)14-15-9-11-16(12-10-15)17-7-6-8-18(13-17)22(24)25/h6-13H,14H2,1-5H3. The Hall–Kier alpha value is -2.69. The van der Waals surface area contributed by atoms with E-state index >= 15 is 0 Å². The number of ether oxygens (including phenoxy) is 1. The van der Waals surface area contributed by atoms with Gasteiger partial charge in [0.15, 0.2) is 0 Å². The fraction of sp³-hybridized carbons (Fsp3) is 0.381. The maximum Gasteiger partial charge on any atom is 0.312 e. The van der Waals surface area contributed by atoms with Crippen LogP contribution in [0, 0.1) is 15.5 Å². The number of hydrogen-bond donors (Lipinski definition) is 0. The third-order valence-corrected chi connectivity index (χ3v) is 3.94. The first-order valence-electron chi connectivity index (χ1n) is 8.55. The van der Waals surface area contributed by atoms with Gasteiger partial charge < -0.3 is 4.74 Å². The Morgan fingerprint density at radius 1 is 1.00 bits per heavy atom. The van der Waals surface area contributed by atoms with E-state index in [1.165, 1.54) is 6.07 Å². The van der Waals surface area contributed by atoms with Gasteiger partial charge in [-0.2, -0.15) is 0 Å². The number of benzene rings is 2. The molecule has 2 rings (SSSR count). The zero-order chi connectivity index (χ0) is 19.5. The molecule has 0 amide bonds. The molecule has 0 aliphatic carbocycles. The molecule has 5 nitrogen and oxygen atoms in total. The minimum absolute atomic E-state index is 0.0673. The van der Waals surface area contributed by atoms with Crippen molar-refractivity contribution in [3.8, 4) is 11.1 Å². The molecular formula is C21H25NO4. The lowest BCUT2D eigenvalue weighted by molar-refractivity contribution is -0.384. The largest absolute Gasteiger partial charge is 0.460 e. The van der Waals surface area contributed by atoms with Gasteiger partial charge >= 0.3 is 5.97 Å². The van der Waals surface area contributed by atoms with Crippen LogP contribution in [-0.2, 0) is 16.0 Å². The van der Waals surface area contributed by atoms with Gasteiger partial charge in [-0.15, -0.1) is 0 Å². The van der Waals surface area contributed by atoms with Gasteiger partial charge in [0.2, 0.25) is 0 Å². The summed E-state index contributed by atoms with van der Waals surface area (Å²) >= 11 is 0. The Morgan fingerprint density at radius 3 is 2.15 bits per heavy atom. The number of nitrogens with zero attached hydrogens (tertiary/aromatic N) is 1. The van der Waals surface area contributed by atoms with E-state index in [9.17, 15) is 14.9 Å². The van der Waals surface area contributed by atoms with Crippen LogP contribution in [0.1, 0.15) is 40.2 Å². The highest BCUT2D eigenvalue weighted by Gasteiger charge is 2.32. The van der Waals surface area contributed by atoms with Gasteiger partial charge in [0.25, 0.3) is 5.69 Å². The molecule has 0 spiro atoms. The second-order valence-electron chi connectivity index (χ2n) is 8.07. The van der Waals surface area contributed by atoms with Gasteiger partial charge in [-0.05, 0) is 57.7 Å². The maximum absolute atomic E-state index is 12.4. The third-order valence-electron chi connectivity index (χ3n) is 3.94. The molecule has 0 unspecified atom stereocenters. The van der Waals surface area contributed by atoms with Crippen LogP contribution in [0.15, 0.2) is 48.5 Å². The Kier molecular flexibility index (Phi) is 5.50. The van der Waals surface area contributed by atoms with Gasteiger partial charge in [0.1, 0.15) is 5.60 Å². The van der Waals surface area contributed by atoms with Crippen molar-refractivity contribution in [3.05, 3.63) is 64.2 Å². The van der Waals surface area contributed by atoms with Crippen molar-refractivity contribution in [2.75, 3.05) is 0 Å². The molecule has 0 radical (unpaired) electrons. The topological polar surface area (TPSA) is 69.4 Å². The number of hydrogen-bond acceptors (Lipinski definition) is 4. The predicted molar refractivity (Wildman–Crippen MR) is 102 cm³/mol. The Morgan fingerprint density at radius 2 is 1.62 bits per heavy atom. The van der Waals surface area contributed by atoms with Crippen LogP contribution in [0.4, 0.5) is 5.69 Å². The highest BCUT2D eigenvalue weighted by molar-refractivity contribution is 5.77. The second kappa shape index (κ2) is 7.28. The third kappa shape index (κ3) is 5.15. The first kappa shape index (κ1) is 19.6. The zero-order valence-corrected chi connectivity index (χ0v) is 15.9. The number of nitro groups is 1. The van der Waals surface area contributed by atoms with Crippen LogP contribution in [0.25, 0.3) is 11.1 Å². The molecule has 0 aliphatic rings. The van der Waals surface area contributed by atoms with E-state index in [2.05, 4.69) is 0 Å². The average Bonchev–Trinajstić information content (AvgIpc) is 2.53. The first-order chi connectivity index (χ1) is 12.0. The Labute approximate surface area is 154 Å². The minimum atomic E-state index is -0.639. The SMILES string of the molecule is CC(C)(C)OC(=O)C(C)(C)Cc1ccc(-c2cccc([N+](=O)[O-])c2)cc1. The van der Waals surface area contributed by atoms with Crippen molar-refractivity contribution in [1.82, 2.24) is 0 Å². The molecule has 138 valence electrons. The summed E-state index contributed by atoms with van der Waals surface area (Å²) in [5.41, 5.74) is 1.61. The summed E-state index contributed by atoms with van der Waals surface area (Å²) in [5, 5.41) is 10.9. The molecule has 0 aliphatic heterocycles. The summed E-state index contributed by atoms with van der Waals surface area (Å²) in [6, 6.07) is 14.3. The summed E-state index contributed by atoms with van der Waals surface area (Å²) in [4.78, 5) is 22.9. The van der Waals surface area contributed by atoms with Gasteiger partial charge in [0, 0.05) is 12.1 Å². The molecule has 2 aromatic rings. The van der Waals surface area contributed by atoms with Gasteiger partial charge in [-0.1, -0.05) is 36.4 Å². The van der Waals surface area contributed by atoms with Gasteiger partial charge in [0.05, 0.1) is 10.3 Å². The number of non-ortho nitro benzene ring substituents is 1. The molecule has 0 bridgehead atoms. The second-order valence-corrected chi connectivity index (χ2v) is 8.07. The van der Waals surface area contributed by atoms with E-state index in [1.807, 2.05) is 65.0 Å². The average molecular weight is 355 g/mol. The summed E-state index contributed by atoms with van der Waals surface area (Å²) in [6.45, 7) is 9.31. The van der Waals surface area contributed by atoms with Gasteiger partial charge in [-0.3, -0.25) is 14.9 Å². The van der Waals surface area contributed by atoms with E-state index in [1.54, 1.807) is 12.1 Å². The first-order valence-corrected chi connectivity index (χ1v) is 8.55. The van der Waals surface area contributed by atoms with Crippen molar-refractivity contribution < 1.29 is 14.5 Å². The number of carbonyl (C=O) groups is 1. The number of rotatable bonds is 5. The lowest BCUT2D eigenvalue weighted by Crippen LogP contribution is -2.35. The van der Waals surface area contributed by atoms with Crippen molar-refractivity contribution >= 4 is 11.7 Å². The van der Waals surface area contributed by atoms with Crippen molar-refractivity contribution in [3.63, 3.8) is 0 Å². The summed E-state index contributed by atoms with van der Waals surface area (Å²) in [5.74, 6) is -0.229. The highest BCUT2D eigenvalue weighted by Crippen LogP contribution is 2.28. The molecule has 0 saturated heterocycles. The van der Waals surface area contributed by atoms with Crippen molar-refractivity contribution in [2.24, 2.45) is 5.41 Å². The van der Waals surface area contributed by atoms with Crippen molar-refractivity contribution in [1.29, 1.82) is 0 Å². The summed E-state index contributed by atoms with van der Waals surface area (Å²) < 4.78 is 5.50. The summed E-state index contributed by atoms with van der Waals surface area (Å²) in [6.07, 6.45) is 0.553. The Balaban J connectivity index is 2.16. The van der Waals surface area contributed by atoms with Crippen LogP contribution in [0.3, 0.4) is 0 Å². The fourth-order valence-electron chi connectivity index (χ4n) is 2.61. The molecule has 0 heterocycles. The molecule has 0 atom stereocenters. The smallest absolute Gasteiger partial charge is 0.312 e. The van der Waals surface area contributed by atoms with E-state index in [-0.39, 0.29) is 11.7 Å².